The van der Waals surface area contributed by atoms with E-state index >= 15 is 0 Å². The number of benzene rings is 1. The molecule has 14 heavy (non-hydrogen) atoms. The van der Waals surface area contributed by atoms with Crippen molar-refractivity contribution in [3.05, 3.63) is 33.3 Å². The summed E-state index contributed by atoms with van der Waals surface area (Å²) in [5, 5.41) is 0.774. The second-order valence-corrected chi connectivity index (χ2v) is 5.92. The minimum absolute atomic E-state index is 0.263. The van der Waals surface area contributed by atoms with Crippen LogP contribution in [-0.4, -0.2) is 0 Å². The van der Waals surface area contributed by atoms with Crippen LogP contribution in [0.4, 0.5) is 0 Å². The summed E-state index contributed by atoms with van der Waals surface area (Å²) in [5.74, 6) is 0.263. The average Bonchev–Trinajstić information content (AvgIpc) is 2.06. The van der Waals surface area contributed by atoms with Crippen LogP contribution in [0.2, 0.25) is 10.0 Å². The first kappa shape index (κ1) is 13.0. The standard InChI is InChI=1S/C8H4Cl6/c9-3-4-1-7(11)5(2-6(4)10)8(12,13)14/h1-2H,3H2. The molecule has 0 N–H and O–H groups in total. The molecule has 0 spiro atoms. The molecule has 0 bridgehead atoms. The molecule has 0 fully saturated rings. The van der Waals surface area contributed by atoms with Crippen molar-refractivity contribution in [3.63, 3.8) is 0 Å². The summed E-state index contributed by atoms with van der Waals surface area (Å²) in [6, 6.07) is 3.10. The Morgan fingerprint density at radius 2 is 1.57 bits per heavy atom. The van der Waals surface area contributed by atoms with Crippen LogP contribution in [0.15, 0.2) is 12.1 Å². The molecule has 0 aliphatic carbocycles. The SMILES string of the molecule is ClCc1cc(Cl)c(C(Cl)(Cl)Cl)cc1Cl. The summed E-state index contributed by atoms with van der Waals surface area (Å²) >= 11 is 34.5. The van der Waals surface area contributed by atoms with E-state index in [1.165, 1.54) is 6.07 Å². The zero-order chi connectivity index (χ0) is 10.9. The summed E-state index contributed by atoms with van der Waals surface area (Å²) in [6.45, 7) is 0. The zero-order valence-electron chi connectivity index (χ0n) is 6.63. The van der Waals surface area contributed by atoms with Gasteiger partial charge in [0.15, 0.2) is 0 Å². The van der Waals surface area contributed by atoms with Crippen LogP contribution < -0.4 is 0 Å². The van der Waals surface area contributed by atoms with Gasteiger partial charge in [-0.1, -0.05) is 58.0 Å². The van der Waals surface area contributed by atoms with Crippen LogP contribution in [0.5, 0.6) is 0 Å². The number of hydrogen-bond acceptors (Lipinski definition) is 0. The van der Waals surface area contributed by atoms with Gasteiger partial charge in [0.05, 0.1) is 0 Å². The van der Waals surface area contributed by atoms with Gasteiger partial charge in [-0.05, 0) is 17.7 Å². The Kier molecular flexibility index (Phi) is 4.52. The maximum atomic E-state index is 5.89. The van der Waals surface area contributed by atoms with Gasteiger partial charge in [-0.15, -0.1) is 11.6 Å². The van der Waals surface area contributed by atoms with E-state index in [9.17, 15) is 0 Å². The van der Waals surface area contributed by atoms with Crippen molar-refractivity contribution in [3.8, 4) is 0 Å². The minimum Gasteiger partial charge on any atom is -0.121 e. The topological polar surface area (TPSA) is 0 Å². The molecule has 0 amide bonds. The first-order chi connectivity index (χ1) is 6.36. The third kappa shape index (κ3) is 2.98. The predicted molar refractivity (Wildman–Crippen MR) is 65.3 cm³/mol. The largest absolute Gasteiger partial charge is 0.217 e. The van der Waals surface area contributed by atoms with E-state index < -0.39 is 3.79 Å². The minimum atomic E-state index is -1.58. The Morgan fingerprint density at radius 3 is 2.00 bits per heavy atom. The van der Waals surface area contributed by atoms with Gasteiger partial charge in [-0.25, -0.2) is 0 Å². The van der Waals surface area contributed by atoms with Crippen molar-refractivity contribution < 1.29 is 0 Å². The Hall–Kier alpha value is 0.960. The molecule has 0 aliphatic rings. The van der Waals surface area contributed by atoms with Crippen molar-refractivity contribution in [2.24, 2.45) is 0 Å². The van der Waals surface area contributed by atoms with Gasteiger partial charge in [-0.3, -0.25) is 0 Å². The van der Waals surface area contributed by atoms with Crippen LogP contribution in [0.1, 0.15) is 11.1 Å². The maximum Gasteiger partial charge on any atom is 0.217 e. The lowest BCUT2D eigenvalue weighted by molar-refractivity contribution is 1.22. The van der Waals surface area contributed by atoms with Gasteiger partial charge in [-0.2, -0.15) is 0 Å². The summed E-state index contributed by atoms with van der Waals surface area (Å²) in [5.41, 5.74) is 1.05. The van der Waals surface area contributed by atoms with Gasteiger partial charge in [0.2, 0.25) is 3.79 Å². The first-order valence-corrected chi connectivity index (χ1v) is 5.89. The van der Waals surface area contributed by atoms with Gasteiger partial charge in [0.1, 0.15) is 0 Å². The molecule has 0 aromatic heterocycles. The Bertz CT molecular complexity index is 340. The van der Waals surface area contributed by atoms with Gasteiger partial charge >= 0.3 is 0 Å². The highest BCUT2D eigenvalue weighted by molar-refractivity contribution is 6.67. The normalized spacial score (nSPS) is 11.9. The molecular formula is C8H4Cl6. The van der Waals surface area contributed by atoms with E-state index in [2.05, 4.69) is 0 Å². The van der Waals surface area contributed by atoms with Crippen molar-refractivity contribution in [1.29, 1.82) is 0 Å². The van der Waals surface area contributed by atoms with E-state index in [1.807, 2.05) is 0 Å². The van der Waals surface area contributed by atoms with Gasteiger partial charge < -0.3 is 0 Å². The second kappa shape index (κ2) is 4.86. The van der Waals surface area contributed by atoms with Crippen molar-refractivity contribution >= 4 is 69.6 Å². The third-order valence-electron chi connectivity index (χ3n) is 1.59. The average molecular weight is 313 g/mol. The molecule has 1 rings (SSSR count). The van der Waals surface area contributed by atoms with Crippen LogP contribution in [0.25, 0.3) is 0 Å². The molecule has 6 heteroatoms. The highest BCUT2D eigenvalue weighted by atomic mass is 35.6. The second-order valence-electron chi connectivity index (χ2n) is 2.55. The third-order valence-corrected chi connectivity index (χ3v) is 3.15. The molecule has 0 atom stereocenters. The lowest BCUT2D eigenvalue weighted by atomic mass is 10.2. The van der Waals surface area contributed by atoms with Crippen LogP contribution in [-0.2, 0) is 9.67 Å². The lowest BCUT2D eigenvalue weighted by Crippen LogP contribution is -2.02. The molecular weight excluding hydrogens is 309 g/mol. The fraction of sp³-hybridized carbons (Fsp3) is 0.250. The van der Waals surface area contributed by atoms with Gasteiger partial charge in [0, 0.05) is 21.5 Å². The Morgan fingerprint density at radius 1 is 1.00 bits per heavy atom. The molecule has 0 radical (unpaired) electrons. The molecule has 0 aliphatic heterocycles. The summed E-state index contributed by atoms with van der Waals surface area (Å²) in [7, 11) is 0. The molecule has 0 saturated heterocycles. The quantitative estimate of drug-likeness (QED) is 0.596. The lowest BCUT2D eigenvalue weighted by Gasteiger charge is -2.14. The number of alkyl halides is 4. The number of halogens is 6. The van der Waals surface area contributed by atoms with E-state index in [-0.39, 0.29) is 5.88 Å². The molecule has 0 heterocycles. The zero-order valence-corrected chi connectivity index (χ0v) is 11.2. The summed E-state index contributed by atoms with van der Waals surface area (Å²) in [4.78, 5) is 0. The Labute approximate surface area is 112 Å². The fourth-order valence-electron chi connectivity index (χ4n) is 0.908. The van der Waals surface area contributed by atoms with E-state index in [0.717, 1.165) is 0 Å². The molecule has 78 valence electrons. The molecule has 1 aromatic carbocycles. The van der Waals surface area contributed by atoms with Crippen molar-refractivity contribution in [2.45, 2.75) is 9.67 Å². The monoisotopic (exact) mass is 310 g/mol. The molecule has 0 saturated carbocycles. The molecule has 0 nitrogen and oxygen atoms in total. The molecule has 1 aromatic rings. The van der Waals surface area contributed by atoms with E-state index in [4.69, 9.17) is 69.6 Å². The first-order valence-electron chi connectivity index (χ1n) is 3.47. The summed E-state index contributed by atoms with van der Waals surface area (Å²) < 4.78 is -1.58. The highest BCUT2D eigenvalue weighted by Crippen LogP contribution is 2.43. The van der Waals surface area contributed by atoms with E-state index in [1.54, 1.807) is 6.07 Å². The van der Waals surface area contributed by atoms with Gasteiger partial charge in [0.25, 0.3) is 0 Å². The van der Waals surface area contributed by atoms with E-state index in [0.29, 0.717) is 21.2 Å². The number of hydrogen-bond donors (Lipinski definition) is 0. The summed E-state index contributed by atoms with van der Waals surface area (Å²) in [6.07, 6.45) is 0. The van der Waals surface area contributed by atoms with Crippen molar-refractivity contribution in [1.82, 2.24) is 0 Å². The highest BCUT2D eigenvalue weighted by Gasteiger charge is 2.26. The smallest absolute Gasteiger partial charge is 0.121 e. The number of rotatable bonds is 1. The molecule has 0 unspecified atom stereocenters. The maximum absolute atomic E-state index is 5.89. The van der Waals surface area contributed by atoms with Crippen LogP contribution in [0.3, 0.4) is 0 Å². The van der Waals surface area contributed by atoms with Crippen LogP contribution >= 0.6 is 69.6 Å². The fourth-order valence-corrected chi connectivity index (χ4v) is 2.37. The van der Waals surface area contributed by atoms with Crippen molar-refractivity contribution in [2.75, 3.05) is 0 Å². The predicted octanol–water partition coefficient (Wildman–Crippen LogP) is 5.56. The Balaban J connectivity index is 3.29. The van der Waals surface area contributed by atoms with Crippen LogP contribution in [0, 0.1) is 0 Å².